The van der Waals surface area contributed by atoms with Gasteiger partial charge in [-0.15, -0.1) is 0 Å². The molecule has 2 heterocycles. The fraction of sp³-hybridized carbons (Fsp3) is 0.294. The lowest BCUT2D eigenvalue weighted by atomic mass is 10.2. The predicted octanol–water partition coefficient (Wildman–Crippen LogP) is 2.69. The maximum Gasteiger partial charge on any atom is 0.339 e. The molecule has 0 bridgehead atoms. The predicted molar refractivity (Wildman–Crippen MR) is 86.2 cm³/mol. The van der Waals surface area contributed by atoms with Crippen LogP contribution in [0.1, 0.15) is 47.6 Å². The highest BCUT2D eigenvalue weighted by atomic mass is 16.4. The zero-order valence-electron chi connectivity index (χ0n) is 13.1. The molecule has 1 aliphatic rings. The Bertz CT molecular complexity index is 1000. The highest BCUT2D eigenvalue weighted by Gasteiger charge is 2.27. The summed E-state index contributed by atoms with van der Waals surface area (Å²) in [5.74, 6) is -0.988. The standard InChI is InChI=1S/C17H15N5O2/c1-2-14-13(17(23)24)9-21(19-14)11-5-6-16-12(7-11)15(8-18)20-22(16)10-3-4-10/h5-7,9-10H,2-4H2,1H3,(H,23,24). The lowest BCUT2D eigenvalue weighted by Crippen LogP contribution is -1.98. The summed E-state index contributed by atoms with van der Waals surface area (Å²) in [6.45, 7) is 1.87. The molecule has 0 aliphatic heterocycles. The minimum absolute atomic E-state index is 0.201. The molecule has 0 radical (unpaired) electrons. The maximum absolute atomic E-state index is 11.3. The van der Waals surface area contributed by atoms with Crippen molar-refractivity contribution in [1.29, 1.82) is 5.26 Å². The van der Waals surface area contributed by atoms with Gasteiger partial charge < -0.3 is 5.11 Å². The Labute approximate surface area is 137 Å². The van der Waals surface area contributed by atoms with Crippen molar-refractivity contribution in [2.45, 2.75) is 32.2 Å². The van der Waals surface area contributed by atoms with Crippen molar-refractivity contribution in [1.82, 2.24) is 19.6 Å². The van der Waals surface area contributed by atoms with E-state index < -0.39 is 5.97 Å². The monoisotopic (exact) mass is 321 g/mol. The fourth-order valence-electron chi connectivity index (χ4n) is 2.93. The third-order valence-electron chi connectivity index (χ3n) is 4.31. The normalized spacial score (nSPS) is 14.0. The zero-order valence-corrected chi connectivity index (χ0v) is 13.1. The first kappa shape index (κ1) is 14.5. The molecule has 120 valence electrons. The third kappa shape index (κ3) is 2.15. The van der Waals surface area contributed by atoms with Gasteiger partial charge in [0.25, 0.3) is 0 Å². The van der Waals surface area contributed by atoms with Crippen molar-refractivity contribution in [3.05, 3.63) is 41.3 Å². The smallest absolute Gasteiger partial charge is 0.339 e. The number of carbonyl (C=O) groups is 1. The van der Waals surface area contributed by atoms with E-state index in [2.05, 4.69) is 16.3 Å². The van der Waals surface area contributed by atoms with Gasteiger partial charge in [0.05, 0.1) is 22.9 Å². The number of aromatic nitrogens is 4. The molecule has 7 nitrogen and oxygen atoms in total. The van der Waals surface area contributed by atoms with E-state index in [9.17, 15) is 15.2 Å². The minimum atomic E-state index is -0.988. The van der Waals surface area contributed by atoms with Gasteiger partial charge in [0, 0.05) is 11.6 Å². The van der Waals surface area contributed by atoms with Crippen LogP contribution >= 0.6 is 0 Å². The Morgan fingerprint density at radius 1 is 1.42 bits per heavy atom. The number of hydrogen-bond donors (Lipinski definition) is 1. The number of aryl methyl sites for hydroxylation is 1. The first-order valence-corrected chi connectivity index (χ1v) is 7.87. The highest BCUT2D eigenvalue weighted by molar-refractivity contribution is 5.89. The van der Waals surface area contributed by atoms with Crippen LogP contribution in [-0.2, 0) is 6.42 Å². The molecular weight excluding hydrogens is 306 g/mol. The minimum Gasteiger partial charge on any atom is -0.478 e. The van der Waals surface area contributed by atoms with E-state index in [-0.39, 0.29) is 5.56 Å². The van der Waals surface area contributed by atoms with Crippen molar-refractivity contribution in [3.8, 4) is 11.8 Å². The maximum atomic E-state index is 11.3. The summed E-state index contributed by atoms with van der Waals surface area (Å²) in [7, 11) is 0. The lowest BCUT2D eigenvalue weighted by Gasteiger charge is -2.03. The van der Waals surface area contributed by atoms with Gasteiger partial charge >= 0.3 is 5.97 Å². The Morgan fingerprint density at radius 3 is 2.79 bits per heavy atom. The number of hydrogen-bond acceptors (Lipinski definition) is 4. The van der Waals surface area contributed by atoms with Crippen LogP contribution in [0.3, 0.4) is 0 Å². The van der Waals surface area contributed by atoms with Gasteiger partial charge in [-0.25, -0.2) is 9.48 Å². The molecule has 1 saturated carbocycles. The number of aromatic carboxylic acids is 1. The SMILES string of the molecule is CCc1nn(-c2ccc3c(c2)c(C#N)nn3C2CC2)cc1C(=O)O. The van der Waals surface area contributed by atoms with E-state index in [1.807, 2.05) is 29.8 Å². The van der Waals surface area contributed by atoms with Crippen molar-refractivity contribution in [2.24, 2.45) is 0 Å². The molecule has 24 heavy (non-hydrogen) atoms. The van der Waals surface area contributed by atoms with E-state index >= 15 is 0 Å². The molecule has 0 spiro atoms. The number of benzene rings is 1. The molecule has 1 fully saturated rings. The number of carboxylic acids is 1. The van der Waals surface area contributed by atoms with Gasteiger partial charge in [0.1, 0.15) is 11.6 Å². The van der Waals surface area contributed by atoms with Crippen LogP contribution in [0, 0.1) is 11.3 Å². The molecule has 0 amide bonds. The average molecular weight is 321 g/mol. The number of nitrogens with zero attached hydrogens (tertiary/aromatic N) is 5. The van der Waals surface area contributed by atoms with Crippen molar-refractivity contribution >= 4 is 16.9 Å². The molecule has 1 aromatic carbocycles. The molecule has 1 N–H and O–H groups in total. The first-order valence-electron chi connectivity index (χ1n) is 7.87. The summed E-state index contributed by atoms with van der Waals surface area (Å²) in [6.07, 6.45) is 4.23. The van der Waals surface area contributed by atoms with E-state index in [1.165, 1.54) is 6.20 Å². The highest BCUT2D eigenvalue weighted by Crippen LogP contribution is 2.37. The van der Waals surface area contributed by atoms with Crippen molar-refractivity contribution < 1.29 is 9.90 Å². The third-order valence-corrected chi connectivity index (χ3v) is 4.31. The molecule has 4 rings (SSSR count). The quantitative estimate of drug-likeness (QED) is 0.797. The molecule has 0 unspecified atom stereocenters. The Morgan fingerprint density at radius 2 is 2.21 bits per heavy atom. The number of fused-ring (bicyclic) bond motifs is 1. The van der Waals surface area contributed by atoms with E-state index in [1.54, 1.807) is 4.68 Å². The van der Waals surface area contributed by atoms with Crippen LogP contribution in [-0.4, -0.2) is 30.6 Å². The lowest BCUT2D eigenvalue weighted by molar-refractivity contribution is 0.0695. The molecule has 0 saturated heterocycles. The first-order chi connectivity index (χ1) is 11.6. The van der Waals surface area contributed by atoms with E-state index in [4.69, 9.17) is 0 Å². The fourth-order valence-corrected chi connectivity index (χ4v) is 2.93. The van der Waals surface area contributed by atoms with Crippen LogP contribution in [0.2, 0.25) is 0 Å². The van der Waals surface area contributed by atoms with Gasteiger partial charge in [0.2, 0.25) is 0 Å². The van der Waals surface area contributed by atoms with E-state index in [0.717, 1.165) is 29.4 Å². The van der Waals surface area contributed by atoms with Crippen molar-refractivity contribution in [3.63, 3.8) is 0 Å². The second-order valence-electron chi connectivity index (χ2n) is 5.93. The zero-order chi connectivity index (χ0) is 16.8. The summed E-state index contributed by atoms with van der Waals surface area (Å²) < 4.78 is 3.47. The molecule has 3 aromatic rings. The summed E-state index contributed by atoms with van der Waals surface area (Å²) in [6, 6.07) is 8.17. The summed E-state index contributed by atoms with van der Waals surface area (Å²) in [4.78, 5) is 11.3. The molecule has 0 atom stereocenters. The molecule has 7 heteroatoms. The number of carboxylic acid groups (broad SMARTS) is 1. The Hall–Kier alpha value is -3.14. The Kier molecular flexibility index (Phi) is 3.13. The number of nitriles is 1. The summed E-state index contributed by atoms with van der Waals surface area (Å²) >= 11 is 0. The Balaban J connectivity index is 1.86. The number of rotatable bonds is 4. The van der Waals surface area contributed by atoms with Crippen molar-refractivity contribution in [2.75, 3.05) is 0 Å². The van der Waals surface area contributed by atoms with Crippen LogP contribution in [0.25, 0.3) is 16.6 Å². The van der Waals surface area contributed by atoms with Crippen LogP contribution in [0.15, 0.2) is 24.4 Å². The average Bonchev–Trinajstić information content (AvgIpc) is 3.22. The van der Waals surface area contributed by atoms with E-state index in [0.29, 0.717) is 23.9 Å². The van der Waals surface area contributed by atoms with Gasteiger partial charge in [-0.1, -0.05) is 6.92 Å². The van der Waals surface area contributed by atoms with Gasteiger partial charge in [-0.3, -0.25) is 4.68 Å². The van der Waals surface area contributed by atoms with Crippen LogP contribution < -0.4 is 0 Å². The van der Waals surface area contributed by atoms with Crippen LogP contribution in [0.4, 0.5) is 0 Å². The summed E-state index contributed by atoms with van der Waals surface area (Å²) in [5.41, 5.74) is 2.78. The topological polar surface area (TPSA) is 96.7 Å². The molecule has 2 aromatic heterocycles. The molecular formula is C17H15N5O2. The second kappa shape index (κ2) is 5.20. The second-order valence-corrected chi connectivity index (χ2v) is 5.93. The van der Waals surface area contributed by atoms with Gasteiger partial charge in [-0.05, 0) is 37.5 Å². The van der Waals surface area contributed by atoms with Crippen LogP contribution in [0.5, 0.6) is 0 Å². The molecule has 1 aliphatic carbocycles. The largest absolute Gasteiger partial charge is 0.478 e. The van der Waals surface area contributed by atoms with Gasteiger partial charge in [0.15, 0.2) is 5.69 Å². The summed E-state index contributed by atoms with van der Waals surface area (Å²) in [5, 5.41) is 28.2. The van der Waals surface area contributed by atoms with Gasteiger partial charge in [-0.2, -0.15) is 15.5 Å².